The summed E-state index contributed by atoms with van der Waals surface area (Å²) in [6.07, 6.45) is 0. The van der Waals surface area contributed by atoms with Crippen molar-refractivity contribution in [2.45, 2.75) is 0 Å². The van der Waals surface area contributed by atoms with E-state index in [-0.39, 0.29) is 0 Å². The molecule has 2 unspecified atom stereocenters. The lowest BCUT2D eigenvalue weighted by Crippen LogP contribution is -1.73. The molecule has 0 radical (unpaired) electrons. The van der Waals surface area contributed by atoms with Crippen LogP contribution in [0.5, 0.6) is 0 Å². The first-order valence-electron chi connectivity index (χ1n) is 4.93. The van der Waals surface area contributed by atoms with Crippen molar-refractivity contribution in [3.8, 4) is 11.1 Å². The second-order valence-corrected chi connectivity index (χ2v) is 3.28. The molecule has 2 aromatic carbocycles. The van der Waals surface area contributed by atoms with Crippen LogP contribution < -0.4 is 0 Å². The quantitative estimate of drug-likeness (QED) is 0.789. The average Bonchev–Trinajstić information content (AvgIpc) is 2.43. The summed E-state index contributed by atoms with van der Waals surface area (Å²) in [5, 5.41) is 0. The average molecular weight is 284 g/mol. The van der Waals surface area contributed by atoms with Gasteiger partial charge in [0.1, 0.15) is 0 Å². The monoisotopic (exact) mass is 284 g/mol. The Kier molecular flexibility index (Phi) is 11.1. The van der Waals surface area contributed by atoms with Gasteiger partial charge in [-0.2, -0.15) is 9.79 Å². The molecule has 0 spiro atoms. The van der Waals surface area contributed by atoms with E-state index in [2.05, 4.69) is 48.5 Å². The Hall–Kier alpha value is -1.44. The van der Waals surface area contributed by atoms with Gasteiger partial charge in [0.2, 0.25) is 0 Å². The van der Waals surface area contributed by atoms with Gasteiger partial charge in [0, 0.05) is 0 Å². The Morgan fingerprint density at radius 1 is 0.611 bits per heavy atom. The summed E-state index contributed by atoms with van der Waals surface area (Å²) in [6.45, 7) is 0. The molecule has 0 saturated heterocycles. The van der Waals surface area contributed by atoms with Crippen LogP contribution in [0.15, 0.2) is 60.7 Å². The Morgan fingerprint density at radius 2 is 0.833 bits per heavy atom. The normalized spacial score (nSPS) is 8.78. The van der Waals surface area contributed by atoms with Crippen molar-refractivity contribution >= 4 is 17.4 Å². The molecule has 94 valence electrons. The maximum Gasteiger partial charge on any atom is 0.491 e. The summed E-state index contributed by atoms with van der Waals surface area (Å²) >= 11 is 0. The first-order chi connectivity index (χ1) is 8.79. The largest absolute Gasteiger partial charge is 0.491 e. The van der Waals surface area contributed by atoms with Gasteiger partial charge in [0.25, 0.3) is 0 Å². The maximum atomic E-state index is 8.51. The van der Waals surface area contributed by atoms with Gasteiger partial charge in [-0.25, -0.2) is 0 Å². The molecule has 18 heavy (non-hydrogen) atoms. The van der Waals surface area contributed by atoms with E-state index < -0.39 is 17.4 Å². The Bertz CT molecular complexity index is 391. The highest BCUT2D eigenvalue weighted by atomic mass is 31.1. The fraction of sp³-hybridized carbons (Fsp3) is 0. The maximum absolute atomic E-state index is 8.51. The highest BCUT2D eigenvalue weighted by molar-refractivity contribution is 7.16. The van der Waals surface area contributed by atoms with Gasteiger partial charge in [-0.1, -0.05) is 60.7 Å². The van der Waals surface area contributed by atoms with Gasteiger partial charge in [-0.3, -0.25) is 0 Å². The fourth-order valence-electron chi connectivity index (χ4n) is 1.26. The molecular weight excluding hydrogens is 270 g/mol. The number of rotatable bonds is 1. The number of hydrogen-bond donors (Lipinski definition) is 2. The Balaban J connectivity index is 0.000000414. The molecule has 0 aliphatic rings. The van der Waals surface area contributed by atoms with E-state index in [1.54, 1.807) is 0 Å². The topological polar surface area (TPSA) is 74.6 Å². The molecule has 0 bridgehead atoms. The lowest BCUT2D eigenvalue weighted by atomic mass is 10.1. The van der Waals surface area contributed by atoms with E-state index in [0.717, 1.165) is 0 Å². The van der Waals surface area contributed by atoms with Gasteiger partial charge in [0.15, 0.2) is 0 Å². The standard InChI is InChI=1S/C12H10.2HO2P/c1-3-7-11(8-4-1)12-9-5-2-6-10-12;2*1-3-2/h1-10H;2*3H/p+2. The van der Waals surface area contributed by atoms with E-state index in [4.69, 9.17) is 18.9 Å². The fourth-order valence-corrected chi connectivity index (χ4v) is 1.26. The highest BCUT2D eigenvalue weighted by Crippen LogP contribution is 2.17. The third kappa shape index (κ3) is 7.77. The summed E-state index contributed by atoms with van der Waals surface area (Å²) in [4.78, 5) is 14.1. The van der Waals surface area contributed by atoms with Crippen molar-refractivity contribution in [3.05, 3.63) is 60.7 Å². The van der Waals surface area contributed by atoms with Crippen LogP contribution in [0.2, 0.25) is 0 Å². The van der Waals surface area contributed by atoms with E-state index >= 15 is 0 Å². The van der Waals surface area contributed by atoms with Crippen LogP contribution in [0.1, 0.15) is 0 Å². The highest BCUT2D eigenvalue weighted by Gasteiger charge is 1.91. The van der Waals surface area contributed by atoms with E-state index in [1.807, 2.05) is 12.1 Å². The van der Waals surface area contributed by atoms with Gasteiger partial charge in [-0.15, -0.1) is 0 Å². The molecule has 6 heteroatoms. The van der Waals surface area contributed by atoms with Gasteiger partial charge < -0.3 is 0 Å². The molecule has 0 amide bonds. The van der Waals surface area contributed by atoms with Crippen LogP contribution >= 0.6 is 17.4 Å². The molecule has 0 saturated carbocycles. The smallest absolute Gasteiger partial charge is 0.162 e. The summed E-state index contributed by atoms with van der Waals surface area (Å²) in [5.41, 5.74) is 2.55. The van der Waals surface area contributed by atoms with E-state index in [1.165, 1.54) is 11.1 Å². The van der Waals surface area contributed by atoms with Gasteiger partial charge in [-0.05, 0) is 20.3 Å². The molecule has 4 nitrogen and oxygen atoms in total. The summed E-state index contributed by atoms with van der Waals surface area (Å²) in [6, 6.07) is 20.8. The zero-order chi connectivity index (χ0) is 13.6. The van der Waals surface area contributed by atoms with Crippen molar-refractivity contribution in [2.75, 3.05) is 0 Å². The van der Waals surface area contributed by atoms with Gasteiger partial charge in [0.05, 0.1) is 0 Å². The molecule has 0 aromatic heterocycles. The van der Waals surface area contributed by atoms with Crippen molar-refractivity contribution < 1.29 is 18.9 Å². The first kappa shape index (κ1) is 16.6. The van der Waals surface area contributed by atoms with Crippen LogP contribution in [0.25, 0.3) is 11.1 Å². The number of hydrogen-bond acceptors (Lipinski definition) is 2. The molecule has 2 N–H and O–H groups in total. The lowest BCUT2D eigenvalue weighted by Gasteiger charge is -1.98. The van der Waals surface area contributed by atoms with Gasteiger partial charge >= 0.3 is 17.4 Å². The Labute approximate surface area is 109 Å². The molecule has 0 aliphatic carbocycles. The molecule has 0 heterocycles. The zero-order valence-electron chi connectivity index (χ0n) is 9.48. The molecular formula is C12H14O4P2+2. The van der Waals surface area contributed by atoms with Crippen molar-refractivity contribution in [3.63, 3.8) is 0 Å². The van der Waals surface area contributed by atoms with E-state index in [9.17, 15) is 0 Å². The molecule has 2 rings (SSSR count). The predicted octanol–water partition coefficient (Wildman–Crippen LogP) is 3.19. The lowest BCUT2D eigenvalue weighted by molar-refractivity contribution is 0.523. The van der Waals surface area contributed by atoms with Crippen molar-refractivity contribution in [1.29, 1.82) is 0 Å². The predicted molar refractivity (Wildman–Crippen MR) is 74.3 cm³/mol. The van der Waals surface area contributed by atoms with Crippen molar-refractivity contribution in [1.82, 2.24) is 0 Å². The van der Waals surface area contributed by atoms with Crippen LogP contribution in [-0.2, 0) is 9.13 Å². The third-order valence-corrected chi connectivity index (χ3v) is 1.88. The van der Waals surface area contributed by atoms with E-state index in [0.29, 0.717) is 0 Å². The molecule has 2 atom stereocenters. The summed E-state index contributed by atoms with van der Waals surface area (Å²) in [7, 11) is -2.33. The molecule has 0 aliphatic heterocycles. The summed E-state index contributed by atoms with van der Waals surface area (Å²) < 4.78 is 17.0. The minimum absolute atomic E-state index is 1.17. The van der Waals surface area contributed by atoms with Crippen molar-refractivity contribution in [2.24, 2.45) is 0 Å². The SMILES string of the molecule is O=[PH+]O.O=[PH+]O.c1ccc(-c2ccccc2)cc1. The molecule has 2 aromatic rings. The van der Waals surface area contributed by atoms with Crippen LogP contribution in [-0.4, -0.2) is 9.79 Å². The summed E-state index contributed by atoms with van der Waals surface area (Å²) in [5.74, 6) is 0. The number of benzene rings is 2. The second kappa shape index (κ2) is 12.0. The van der Waals surface area contributed by atoms with Crippen LogP contribution in [0, 0.1) is 0 Å². The van der Waals surface area contributed by atoms with Crippen LogP contribution in [0.4, 0.5) is 0 Å². The minimum Gasteiger partial charge on any atom is -0.162 e. The zero-order valence-corrected chi connectivity index (χ0v) is 11.5. The molecule has 0 fully saturated rings. The third-order valence-electron chi connectivity index (χ3n) is 1.88. The minimum atomic E-state index is -1.17. The first-order valence-corrected chi connectivity index (χ1v) is 6.64. The second-order valence-electron chi connectivity index (χ2n) is 2.91. The Morgan fingerprint density at radius 3 is 1.06 bits per heavy atom. The van der Waals surface area contributed by atoms with Crippen LogP contribution in [0.3, 0.4) is 0 Å².